The largest absolute Gasteiger partial charge is 0.478 e. The van der Waals surface area contributed by atoms with Crippen LogP contribution in [0.3, 0.4) is 0 Å². The monoisotopic (exact) mass is 300 g/mol. The molecule has 0 aliphatic heterocycles. The van der Waals surface area contributed by atoms with Crippen molar-refractivity contribution < 1.29 is 24.3 Å². The molecule has 0 heterocycles. The van der Waals surface area contributed by atoms with Crippen molar-refractivity contribution in [2.75, 3.05) is 18.1 Å². The summed E-state index contributed by atoms with van der Waals surface area (Å²) in [6.45, 7) is 3.72. The molecular weight excluding hydrogens is 283 g/mol. The molecule has 0 bridgehead atoms. The summed E-state index contributed by atoms with van der Waals surface area (Å²) >= 11 is 0. The first-order valence-corrected chi connectivity index (χ1v) is 6.38. The van der Waals surface area contributed by atoms with Crippen molar-refractivity contribution in [1.82, 2.24) is 0 Å². The van der Waals surface area contributed by atoms with Crippen molar-refractivity contribution in [1.29, 1.82) is 0 Å². The zero-order chi connectivity index (χ0) is 16.2. The minimum absolute atomic E-state index is 0.00551. The lowest BCUT2D eigenvalue weighted by molar-refractivity contribution is -0.384. The highest BCUT2D eigenvalue weighted by Gasteiger charge is 2.26. The fourth-order valence-electron chi connectivity index (χ4n) is 1.99. The fourth-order valence-corrected chi connectivity index (χ4v) is 1.99. The third-order valence-corrected chi connectivity index (χ3v) is 2.98. The molecule has 0 radical (unpaired) electrons. The van der Waals surface area contributed by atoms with Crippen molar-refractivity contribution in [3.63, 3.8) is 0 Å². The molecule has 0 aromatic heterocycles. The number of carboxylic acid groups (broad SMARTS) is 1. The summed E-state index contributed by atoms with van der Waals surface area (Å²) in [4.78, 5) is 22.8. The van der Waals surface area contributed by atoms with E-state index in [-0.39, 0.29) is 18.3 Å². The summed E-state index contributed by atoms with van der Waals surface area (Å²) in [5.74, 6) is -2.59. The van der Waals surface area contributed by atoms with E-state index in [0.29, 0.717) is 13.0 Å². The Kier molecular flexibility index (Phi) is 5.60. The van der Waals surface area contributed by atoms with E-state index < -0.39 is 28.0 Å². The Hall–Kier alpha value is -2.22. The zero-order valence-corrected chi connectivity index (χ0v) is 11.7. The number of benzene rings is 1. The van der Waals surface area contributed by atoms with Gasteiger partial charge in [-0.05, 0) is 20.3 Å². The summed E-state index contributed by atoms with van der Waals surface area (Å²) in [6, 6.07) is 1.41. The number of hydrogen-bond donors (Lipinski definition) is 2. The van der Waals surface area contributed by atoms with Crippen LogP contribution in [-0.4, -0.2) is 40.3 Å². The van der Waals surface area contributed by atoms with Gasteiger partial charge in [0.1, 0.15) is 17.1 Å². The Bertz CT molecular complexity index is 548. The van der Waals surface area contributed by atoms with Crippen molar-refractivity contribution >= 4 is 17.3 Å². The molecule has 2 N–H and O–H groups in total. The van der Waals surface area contributed by atoms with Gasteiger partial charge in [0.05, 0.1) is 4.92 Å². The molecule has 21 heavy (non-hydrogen) atoms. The molecule has 1 aromatic rings. The second-order valence-electron chi connectivity index (χ2n) is 4.75. The lowest BCUT2D eigenvalue weighted by Gasteiger charge is -2.28. The third-order valence-electron chi connectivity index (χ3n) is 2.98. The number of carboxylic acids is 1. The number of hydrogen-bond acceptors (Lipinski definition) is 5. The summed E-state index contributed by atoms with van der Waals surface area (Å²) in [5, 5.41) is 28.8. The van der Waals surface area contributed by atoms with Crippen molar-refractivity contribution in [2.45, 2.75) is 26.3 Å². The second-order valence-corrected chi connectivity index (χ2v) is 4.75. The highest BCUT2D eigenvalue weighted by atomic mass is 19.1. The number of aliphatic hydroxyl groups is 1. The molecular formula is C13H17FN2O5. The third kappa shape index (κ3) is 3.88. The molecule has 0 saturated carbocycles. The van der Waals surface area contributed by atoms with E-state index in [0.717, 1.165) is 12.1 Å². The van der Waals surface area contributed by atoms with Crippen LogP contribution in [0.15, 0.2) is 12.1 Å². The van der Waals surface area contributed by atoms with Crippen molar-refractivity contribution in [3.8, 4) is 0 Å². The maximum atomic E-state index is 13.8. The average molecular weight is 300 g/mol. The van der Waals surface area contributed by atoms with E-state index in [9.17, 15) is 19.3 Å². The van der Waals surface area contributed by atoms with E-state index in [1.807, 2.05) is 0 Å². The first-order valence-electron chi connectivity index (χ1n) is 6.38. The minimum Gasteiger partial charge on any atom is -0.478 e. The molecule has 0 aliphatic carbocycles. The number of aliphatic hydroxyl groups excluding tert-OH is 1. The maximum Gasteiger partial charge on any atom is 0.338 e. The van der Waals surface area contributed by atoms with Crippen molar-refractivity contribution in [2.24, 2.45) is 0 Å². The molecule has 8 heteroatoms. The predicted octanol–water partition coefficient (Wildman–Crippen LogP) is 2.03. The van der Waals surface area contributed by atoms with Gasteiger partial charge in [-0.3, -0.25) is 10.1 Å². The lowest BCUT2D eigenvalue weighted by atomic mass is 10.1. The molecule has 0 fully saturated rings. The van der Waals surface area contributed by atoms with Crippen LogP contribution in [0.2, 0.25) is 0 Å². The van der Waals surface area contributed by atoms with E-state index in [2.05, 4.69) is 0 Å². The molecule has 7 nitrogen and oxygen atoms in total. The standard InChI is InChI=1S/C13H17FN2O5/c1-8(2)15(4-3-5-17)11-7-10(14)9(13(18)19)6-12(11)16(20)21/h6-8,17H,3-5H2,1-2H3,(H,18,19). The summed E-state index contributed by atoms with van der Waals surface area (Å²) in [5.41, 5.74) is -1.21. The smallest absolute Gasteiger partial charge is 0.338 e. The molecule has 1 rings (SSSR count). The van der Waals surface area contributed by atoms with Gasteiger partial charge in [-0.2, -0.15) is 0 Å². The van der Waals surface area contributed by atoms with Gasteiger partial charge in [0.25, 0.3) is 5.69 Å². The zero-order valence-electron chi connectivity index (χ0n) is 11.7. The van der Waals surface area contributed by atoms with Crippen LogP contribution in [0.4, 0.5) is 15.8 Å². The van der Waals surface area contributed by atoms with Gasteiger partial charge in [0, 0.05) is 31.3 Å². The molecule has 0 spiro atoms. The molecule has 0 amide bonds. The van der Waals surface area contributed by atoms with Crippen LogP contribution in [-0.2, 0) is 0 Å². The van der Waals surface area contributed by atoms with Crippen LogP contribution in [0.25, 0.3) is 0 Å². The molecule has 0 aliphatic rings. The number of anilines is 1. The van der Waals surface area contributed by atoms with Gasteiger partial charge < -0.3 is 15.1 Å². The van der Waals surface area contributed by atoms with Crippen LogP contribution in [0, 0.1) is 15.9 Å². The predicted molar refractivity (Wildman–Crippen MR) is 74.2 cm³/mol. The van der Waals surface area contributed by atoms with Crippen molar-refractivity contribution in [3.05, 3.63) is 33.6 Å². The van der Waals surface area contributed by atoms with Gasteiger partial charge in [0.15, 0.2) is 0 Å². The fraction of sp³-hybridized carbons (Fsp3) is 0.462. The number of nitrogens with zero attached hydrogens (tertiary/aromatic N) is 2. The highest BCUT2D eigenvalue weighted by Crippen LogP contribution is 2.32. The Morgan fingerprint density at radius 2 is 2.10 bits per heavy atom. The molecule has 0 saturated heterocycles. The first kappa shape index (κ1) is 16.8. The van der Waals surface area contributed by atoms with E-state index in [4.69, 9.17) is 10.2 Å². The van der Waals surface area contributed by atoms with Gasteiger partial charge in [-0.1, -0.05) is 0 Å². The van der Waals surface area contributed by atoms with Crippen LogP contribution >= 0.6 is 0 Å². The van der Waals surface area contributed by atoms with Crippen LogP contribution in [0.1, 0.15) is 30.6 Å². The topological polar surface area (TPSA) is 104 Å². The number of nitro groups is 1. The lowest BCUT2D eigenvalue weighted by Crippen LogP contribution is -2.33. The van der Waals surface area contributed by atoms with Gasteiger partial charge in [-0.15, -0.1) is 0 Å². The SMILES string of the molecule is CC(C)N(CCCO)c1cc(F)c(C(=O)O)cc1[N+](=O)[O-]. The van der Waals surface area contributed by atoms with Gasteiger partial charge in [-0.25, -0.2) is 9.18 Å². The summed E-state index contributed by atoms with van der Waals surface area (Å²) < 4.78 is 13.8. The minimum atomic E-state index is -1.56. The maximum absolute atomic E-state index is 13.8. The number of aromatic carboxylic acids is 1. The average Bonchev–Trinajstić information content (AvgIpc) is 2.37. The van der Waals surface area contributed by atoms with E-state index >= 15 is 0 Å². The van der Waals surface area contributed by atoms with Gasteiger partial charge >= 0.3 is 5.97 Å². The van der Waals surface area contributed by atoms with E-state index in [1.165, 1.54) is 0 Å². The van der Waals surface area contributed by atoms with Crippen LogP contribution in [0.5, 0.6) is 0 Å². The molecule has 0 unspecified atom stereocenters. The second kappa shape index (κ2) is 6.98. The van der Waals surface area contributed by atoms with Gasteiger partial charge in [0.2, 0.25) is 0 Å². The molecule has 116 valence electrons. The Morgan fingerprint density at radius 3 is 2.52 bits per heavy atom. The molecule has 0 atom stereocenters. The Labute approximate surface area is 120 Å². The number of nitro benzene ring substituents is 1. The highest BCUT2D eigenvalue weighted by molar-refractivity contribution is 5.90. The summed E-state index contributed by atoms with van der Waals surface area (Å²) in [7, 11) is 0. The quantitative estimate of drug-likeness (QED) is 0.590. The van der Waals surface area contributed by atoms with E-state index in [1.54, 1.807) is 18.7 Å². The Morgan fingerprint density at radius 1 is 1.48 bits per heavy atom. The number of carbonyl (C=O) groups is 1. The van der Waals surface area contributed by atoms with Crippen LogP contribution < -0.4 is 4.90 Å². The normalized spacial score (nSPS) is 10.7. The Balaban J connectivity index is 3.41. The number of rotatable bonds is 7. The summed E-state index contributed by atoms with van der Waals surface area (Å²) in [6.07, 6.45) is 0.359. The number of halogens is 1. The molecule has 1 aromatic carbocycles. The first-order chi connectivity index (χ1) is 9.79.